The molecular weight excluding hydrogens is 505 g/mol. The van der Waals surface area contributed by atoms with Crippen LogP contribution in [0, 0.1) is 0 Å². The Kier molecular flexibility index (Phi) is 11.0. The highest BCUT2D eigenvalue weighted by molar-refractivity contribution is 14.0. The van der Waals surface area contributed by atoms with Gasteiger partial charge in [-0.25, -0.2) is 4.99 Å². The van der Waals surface area contributed by atoms with E-state index in [4.69, 9.17) is 4.99 Å². The molecule has 2 fully saturated rings. The van der Waals surface area contributed by atoms with Gasteiger partial charge in [0.15, 0.2) is 5.96 Å². The maximum Gasteiger partial charge on any atom is 0.222 e. The highest BCUT2D eigenvalue weighted by Crippen LogP contribution is 2.15. The molecule has 3 N–H and O–H groups in total. The minimum Gasteiger partial charge on any atom is -0.393 e. The topological polar surface area (TPSA) is 80.2 Å². The Labute approximate surface area is 203 Å². The molecule has 0 radical (unpaired) electrons. The summed E-state index contributed by atoms with van der Waals surface area (Å²) in [6.45, 7) is 9.84. The van der Waals surface area contributed by atoms with Gasteiger partial charge < -0.3 is 20.6 Å². The summed E-state index contributed by atoms with van der Waals surface area (Å²) in [4.78, 5) is 21.0. The van der Waals surface area contributed by atoms with Crippen LogP contribution < -0.4 is 10.6 Å². The van der Waals surface area contributed by atoms with E-state index >= 15 is 0 Å². The number of aliphatic hydroxyl groups excluding tert-OH is 1. The molecule has 0 bridgehead atoms. The standard InChI is InChI=1S/C23H37N5O2.HI/c1-3-22(30)28-14-9-20(17-28)26-23(24-4-2)25-15-18-5-7-19(8-6-18)16-27-12-10-21(29)11-13-27;/h5-8,20-21,29H,3-4,9-17H2,1-2H3,(H2,24,25,26);1H. The van der Waals surface area contributed by atoms with Crippen LogP contribution in [0.4, 0.5) is 0 Å². The van der Waals surface area contributed by atoms with Gasteiger partial charge in [-0.2, -0.15) is 0 Å². The number of likely N-dealkylation sites (tertiary alicyclic amines) is 2. The molecule has 8 heteroatoms. The van der Waals surface area contributed by atoms with Crippen molar-refractivity contribution in [1.29, 1.82) is 0 Å². The predicted molar refractivity (Wildman–Crippen MR) is 136 cm³/mol. The number of guanidine groups is 1. The molecule has 2 aliphatic heterocycles. The van der Waals surface area contributed by atoms with E-state index in [1.54, 1.807) is 0 Å². The largest absolute Gasteiger partial charge is 0.393 e. The number of carbonyl (C=O) groups is 1. The number of hydrogen-bond donors (Lipinski definition) is 3. The smallest absolute Gasteiger partial charge is 0.222 e. The summed E-state index contributed by atoms with van der Waals surface area (Å²) in [6, 6.07) is 8.92. The van der Waals surface area contributed by atoms with Gasteiger partial charge in [-0.3, -0.25) is 9.69 Å². The summed E-state index contributed by atoms with van der Waals surface area (Å²) in [6.07, 6.45) is 3.14. The second kappa shape index (κ2) is 13.2. The lowest BCUT2D eigenvalue weighted by atomic mass is 10.1. The summed E-state index contributed by atoms with van der Waals surface area (Å²) in [5.41, 5.74) is 2.48. The zero-order valence-corrected chi connectivity index (χ0v) is 21.2. The van der Waals surface area contributed by atoms with Gasteiger partial charge in [-0.05, 0) is 37.3 Å². The number of halogens is 1. The van der Waals surface area contributed by atoms with Gasteiger partial charge in [-0.1, -0.05) is 31.2 Å². The van der Waals surface area contributed by atoms with Crippen LogP contribution in [0.3, 0.4) is 0 Å². The van der Waals surface area contributed by atoms with Gasteiger partial charge in [0.1, 0.15) is 0 Å². The molecule has 3 rings (SSSR count). The van der Waals surface area contributed by atoms with Gasteiger partial charge in [0, 0.05) is 51.7 Å². The third-order valence-electron chi connectivity index (χ3n) is 5.93. The van der Waals surface area contributed by atoms with Crippen molar-refractivity contribution in [2.45, 2.75) is 64.8 Å². The fraction of sp³-hybridized carbons (Fsp3) is 0.652. The molecule has 0 aromatic heterocycles. The van der Waals surface area contributed by atoms with Gasteiger partial charge in [0.25, 0.3) is 0 Å². The number of amides is 1. The molecule has 0 spiro atoms. The number of benzene rings is 1. The average molecular weight is 543 g/mol. The number of aliphatic imine (C=N–C) groups is 1. The van der Waals surface area contributed by atoms with Crippen molar-refractivity contribution in [2.24, 2.45) is 4.99 Å². The summed E-state index contributed by atoms with van der Waals surface area (Å²) in [5.74, 6) is 1.03. The zero-order chi connectivity index (χ0) is 21.3. The van der Waals surface area contributed by atoms with Gasteiger partial charge in [-0.15, -0.1) is 24.0 Å². The van der Waals surface area contributed by atoms with Crippen molar-refractivity contribution in [3.8, 4) is 0 Å². The second-order valence-electron chi connectivity index (χ2n) is 8.34. The number of carbonyl (C=O) groups excluding carboxylic acids is 1. The van der Waals surface area contributed by atoms with Crippen LogP contribution in [0.2, 0.25) is 0 Å². The van der Waals surface area contributed by atoms with E-state index < -0.39 is 0 Å². The summed E-state index contributed by atoms with van der Waals surface area (Å²) >= 11 is 0. The minimum absolute atomic E-state index is 0. The highest BCUT2D eigenvalue weighted by Gasteiger charge is 2.25. The number of aliphatic hydroxyl groups is 1. The Hall–Kier alpha value is -1.39. The highest BCUT2D eigenvalue weighted by atomic mass is 127. The fourth-order valence-electron chi connectivity index (χ4n) is 4.10. The van der Waals surface area contributed by atoms with Gasteiger partial charge >= 0.3 is 0 Å². The maximum absolute atomic E-state index is 11.9. The van der Waals surface area contributed by atoms with Crippen molar-refractivity contribution in [3.05, 3.63) is 35.4 Å². The Balaban J connectivity index is 0.00000341. The number of hydrogen-bond acceptors (Lipinski definition) is 4. The lowest BCUT2D eigenvalue weighted by Gasteiger charge is -2.29. The average Bonchev–Trinajstić information content (AvgIpc) is 3.23. The molecule has 2 aliphatic rings. The molecule has 1 amide bonds. The first-order valence-corrected chi connectivity index (χ1v) is 11.4. The van der Waals surface area contributed by atoms with Crippen LogP contribution in [-0.2, 0) is 17.9 Å². The lowest BCUT2D eigenvalue weighted by molar-refractivity contribution is -0.129. The van der Waals surface area contributed by atoms with E-state index in [9.17, 15) is 9.90 Å². The maximum atomic E-state index is 11.9. The van der Waals surface area contributed by atoms with E-state index in [1.807, 2.05) is 11.8 Å². The monoisotopic (exact) mass is 543 g/mol. The minimum atomic E-state index is -0.125. The Morgan fingerprint density at radius 3 is 2.42 bits per heavy atom. The molecule has 1 unspecified atom stereocenters. The number of rotatable bonds is 7. The van der Waals surface area contributed by atoms with Crippen molar-refractivity contribution < 1.29 is 9.90 Å². The summed E-state index contributed by atoms with van der Waals surface area (Å²) in [7, 11) is 0. The van der Waals surface area contributed by atoms with Crippen LogP contribution in [0.5, 0.6) is 0 Å². The van der Waals surface area contributed by atoms with Crippen molar-refractivity contribution >= 4 is 35.8 Å². The van der Waals surface area contributed by atoms with E-state index in [0.29, 0.717) is 13.0 Å². The van der Waals surface area contributed by atoms with E-state index in [-0.39, 0.29) is 42.0 Å². The van der Waals surface area contributed by atoms with Crippen molar-refractivity contribution in [3.63, 3.8) is 0 Å². The Bertz CT molecular complexity index is 704. The Morgan fingerprint density at radius 1 is 1.10 bits per heavy atom. The van der Waals surface area contributed by atoms with Crippen LogP contribution in [-0.4, -0.2) is 71.6 Å². The molecular formula is C23H38IN5O2. The zero-order valence-electron chi connectivity index (χ0n) is 18.8. The summed E-state index contributed by atoms with van der Waals surface area (Å²) < 4.78 is 0. The van der Waals surface area contributed by atoms with Crippen molar-refractivity contribution in [1.82, 2.24) is 20.4 Å². The van der Waals surface area contributed by atoms with E-state index in [1.165, 1.54) is 11.1 Å². The second-order valence-corrected chi connectivity index (χ2v) is 8.34. The first kappa shape index (κ1) is 25.9. The quantitative estimate of drug-likeness (QED) is 0.280. The SMILES string of the molecule is CCNC(=NCc1ccc(CN2CCC(O)CC2)cc1)NC1CCN(C(=O)CC)C1.I. The predicted octanol–water partition coefficient (Wildman–Crippen LogP) is 2.33. The first-order chi connectivity index (χ1) is 14.6. The molecule has 2 heterocycles. The normalized spacial score (nSPS) is 20.4. The van der Waals surface area contributed by atoms with Crippen LogP contribution in [0.15, 0.2) is 29.3 Å². The first-order valence-electron chi connectivity index (χ1n) is 11.4. The molecule has 1 aromatic rings. The number of piperidine rings is 1. The third kappa shape index (κ3) is 8.23. The van der Waals surface area contributed by atoms with Crippen LogP contribution in [0.1, 0.15) is 50.7 Å². The van der Waals surface area contributed by atoms with E-state index in [0.717, 1.165) is 64.5 Å². The molecule has 31 heavy (non-hydrogen) atoms. The van der Waals surface area contributed by atoms with Crippen molar-refractivity contribution in [2.75, 3.05) is 32.7 Å². The van der Waals surface area contributed by atoms with Crippen LogP contribution in [0.25, 0.3) is 0 Å². The molecule has 7 nitrogen and oxygen atoms in total. The fourth-order valence-corrected chi connectivity index (χ4v) is 4.10. The number of nitrogens with zero attached hydrogens (tertiary/aromatic N) is 3. The lowest BCUT2D eigenvalue weighted by Crippen LogP contribution is -2.45. The number of nitrogens with one attached hydrogen (secondary N) is 2. The van der Waals surface area contributed by atoms with Crippen LogP contribution >= 0.6 is 24.0 Å². The molecule has 2 saturated heterocycles. The van der Waals surface area contributed by atoms with E-state index in [2.05, 4.69) is 46.7 Å². The molecule has 174 valence electrons. The third-order valence-corrected chi connectivity index (χ3v) is 5.93. The van der Waals surface area contributed by atoms with Gasteiger partial charge in [0.2, 0.25) is 5.91 Å². The Morgan fingerprint density at radius 2 is 1.77 bits per heavy atom. The summed E-state index contributed by atoms with van der Waals surface area (Å²) in [5, 5.41) is 16.4. The molecule has 0 saturated carbocycles. The van der Waals surface area contributed by atoms with Gasteiger partial charge in [0.05, 0.1) is 12.6 Å². The molecule has 1 aromatic carbocycles. The molecule has 1 atom stereocenters. The molecule has 0 aliphatic carbocycles.